The fraction of sp³-hybridized carbons (Fsp3) is 0.273. The number of likely N-dealkylation sites (N-methyl/N-ethyl adjacent to an activating group) is 1. The van der Waals surface area contributed by atoms with Crippen LogP contribution in [0.2, 0.25) is 5.02 Å². The Kier molecular flexibility index (Phi) is 4.62. The zero-order chi connectivity index (χ0) is 12.0. The van der Waals surface area contributed by atoms with Crippen LogP contribution in [-0.2, 0) is 4.79 Å². The van der Waals surface area contributed by atoms with Crippen LogP contribution in [0.3, 0.4) is 0 Å². The summed E-state index contributed by atoms with van der Waals surface area (Å²) in [5.41, 5.74) is 0.454. The molecule has 0 aliphatic heterocycles. The highest BCUT2D eigenvalue weighted by atomic mass is 35.5. The van der Waals surface area contributed by atoms with E-state index >= 15 is 0 Å². The van der Waals surface area contributed by atoms with Crippen molar-refractivity contribution in [2.75, 3.05) is 13.2 Å². The first-order chi connectivity index (χ1) is 7.67. The van der Waals surface area contributed by atoms with E-state index in [1.54, 1.807) is 12.1 Å². The maximum atomic E-state index is 11.1. The monoisotopic (exact) mass is 238 g/mol. The van der Waals surface area contributed by atoms with Crippen molar-refractivity contribution in [3.63, 3.8) is 0 Å². The van der Waals surface area contributed by atoms with Crippen LogP contribution in [0.15, 0.2) is 18.2 Å². The Hall–Kier alpha value is -1.73. The number of carbonyl (C=O) groups is 1. The van der Waals surface area contributed by atoms with Crippen LogP contribution in [0.25, 0.3) is 0 Å². The standard InChI is InChI=1S/C11H11ClN2O2/c1-2-14-11(15)7-16-10-4-3-8(6-13)5-9(10)12/h3-5H,2,7H2,1H3,(H,14,15). The van der Waals surface area contributed by atoms with Crippen LogP contribution in [0.1, 0.15) is 12.5 Å². The molecule has 0 spiro atoms. The highest BCUT2D eigenvalue weighted by molar-refractivity contribution is 6.32. The minimum absolute atomic E-state index is 0.0839. The molecule has 0 aromatic heterocycles. The van der Waals surface area contributed by atoms with E-state index in [9.17, 15) is 4.79 Å². The Morgan fingerprint density at radius 2 is 2.38 bits per heavy atom. The van der Waals surface area contributed by atoms with Gasteiger partial charge in [-0.2, -0.15) is 5.26 Å². The zero-order valence-electron chi connectivity index (χ0n) is 8.79. The van der Waals surface area contributed by atoms with Crippen LogP contribution in [0.5, 0.6) is 5.75 Å². The van der Waals surface area contributed by atoms with E-state index in [0.29, 0.717) is 22.9 Å². The SMILES string of the molecule is CCNC(=O)COc1ccc(C#N)cc1Cl. The third-order valence-electron chi connectivity index (χ3n) is 1.79. The quantitative estimate of drug-likeness (QED) is 0.869. The van der Waals surface area contributed by atoms with Crippen molar-refractivity contribution in [2.24, 2.45) is 0 Å². The number of rotatable bonds is 4. The lowest BCUT2D eigenvalue weighted by molar-refractivity contribution is -0.122. The van der Waals surface area contributed by atoms with Crippen LogP contribution in [0.4, 0.5) is 0 Å². The van der Waals surface area contributed by atoms with E-state index in [2.05, 4.69) is 5.32 Å². The topological polar surface area (TPSA) is 62.1 Å². The minimum atomic E-state index is -0.206. The summed E-state index contributed by atoms with van der Waals surface area (Å²) in [5, 5.41) is 11.5. The molecule has 0 aliphatic rings. The van der Waals surface area contributed by atoms with Gasteiger partial charge in [-0.3, -0.25) is 4.79 Å². The number of nitrogens with zero attached hydrogens (tertiary/aromatic N) is 1. The van der Waals surface area contributed by atoms with Crippen molar-refractivity contribution in [3.8, 4) is 11.8 Å². The molecule has 16 heavy (non-hydrogen) atoms. The molecule has 0 heterocycles. The second-order valence-corrected chi connectivity index (χ2v) is 3.41. The molecule has 1 amide bonds. The predicted molar refractivity (Wildman–Crippen MR) is 60.3 cm³/mol. The Bertz CT molecular complexity index is 426. The molecule has 0 saturated heterocycles. The fourth-order valence-electron chi connectivity index (χ4n) is 1.08. The Morgan fingerprint density at radius 1 is 1.62 bits per heavy atom. The van der Waals surface area contributed by atoms with Gasteiger partial charge in [0.15, 0.2) is 6.61 Å². The molecule has 1 N–H and O–H groups in total. The third-order valence-corrected chi connectivity index (χ3v) is 2.09. The van der Waals surface area contributed by atoms with Gasteiger partial charge in [0.1, 0.15) is 5.75 Å². The number of halogens is 1. The number of nitriles is 1. The first kappa shape index (κ1) is 12.3. The average molecular weight is 239 g/mol. The first-order valence-electron chi connectivity index (χ1n) is 4.76. The summed E-state index contributed by atoms with van der Waals surface area (Å²) in [4.78, 5) is 11.1. The normalized spacial score (nSPS) is 9.31. The fourth-order valence-corrected chi connectivity index (χ4v) is 1.31. The highest BCUT2D eigenvalue weighted by Gasteiger charge is 2.05. The van der Waals surface area contributed by atoms with E-state index in [4.69, 9.17) is 21.6 Å². The molecule has 0 bridgehead atoms. The summed E-state index contributed by atoms with van der Waals surface area (Å²) in [6, 6.07) is 6.61. The van der Waals surface area contributed by atoms with Crippen molar-refractivity contribution in [1.29, 1.82) is 5.26 Å². The Balaban J connectivity index is 2.62. The van der Waals surface area contributed by atoms with E-state index in [1.165, 1.54) is 6.07 Å². The maximum absolute atomic E-state index is 11.1. The molecule has 1 aromatic carbocycles. The van der Waals surface area contributed by atoms with Gasteiger partial charge >= 0.3 is 0 Å². The van der Waals surface area contributed by atoms with Gasteiger partial charge in [0.2, 0.25) is 0 Å². The molecular formula is C11H11ClN2O2. The number of ether oxygens (including phenoxy) is 1. The van der Waals surface area contributed by atoms with E-state index < -0.39 is 0 Å². The maximum Gasteiger partial charge on any atom is 0.257 e. The van der Waals surface area contributed by atoms with Crippen LogP contribution >= 0.6 is 11.6 Å². The molecule has 0 atom stereocenters. The Morgan fingerprint density at radius 3 is 2.94 bits per heavy atom. The minimum Gasteiger partial charge on any atom is -0.482 e. The lowest BCUT2D eigenvalue weighted by Gasteiger charge is -2.07. The summed E-state index contributed by atoms with van der Waals surface area (Å²) in [6.07, 6.45) is 0. The van der Waals surface area contributed by atoms with Gasteiger partial charge in [-0.15, -0.1) is 0 Å². The number of nitrogens with one attached hydrogen (secondary N) is 1. The number of hydrogen-bond acceptors (Lipinski definition) is 3. The molecule has 84 valence electrons. The number of amides is 1. The molecule has 0 fully saturated rings. The second-order valence-electron chi connectivity index (χ2n) is 3.00. The average Bonchev–Trinajstić information content (AvgIpc) is 2.27. The van der Waals surface area contributed by atoms with Gasteiger partial charge in [-0.1, -0.05) is 11.6 Å². The van der Waals surface area contributed by atoms with Crippen molar-refractivity contribution in [2.45, 2.75) is 6.92 Å². The van der Waals surface area contributed by atoms with Crippen molar-refractivity contribution < 1.29 is 9.53 Å². The largest absolute Gasteiger partial charge is 0.482 e. The molecule has 0 saturated carbocycles. The first-order valence-corrected chi connectivity index (χ1v) is 5.14. The van der Waals surface area contributed by atoms with Gasteiger partial charge in [-0.25, -0.2) is 0 Å². The molecule has 1 rings (SSSR count). The third kappa shape index (κ3) is 3.44. The molecule has 4 nitrogen and oxygen atoms in total. The predicted octanol–water partition coefficient (Wildman–Crippen LogP) is 1.73. The summed E-state index contributed by atoms with van der Waals surface area (Å²) in [7, 11) is 0. The molecule has 1 aromatic rings. The van der Waals surface area contributed by atoms with Crippen LogP contribution in [0, 0.1) is 11.3 Å². The number of benzene rings is 1. The van der Waals surface area contributed by atoms with Gasteiger partial charge < -0.3 is 10.1 Å². The second kappa shape index (κ2) is 5.99. The lowest BCUT2D eigenvalue weighted by atomic mass is 10.2. The molecule has 0 unspecified atom stereocenters. The Labute approximate surface area is 98.8 Å². The smallest absolute Gasteiger partial charge is 0.257 e. The number of carbonyl (C=O) groups excluding carboxylic acids is 1. The molecule has 0 radical (unpaired) electrons. The van der Waals surface area contributed by atoms with Gasteiger partial charge in [0.05, 0.1) is 16.7 Å². The summed E-state index contributed by atoms with van der Waals surface area (Å²) < 4.78 is 5.20. The van der Waals surface area contributed by atoms with Gasteiger partial charge in [-0.05, 0) is 25.1 Å². The van der Waals surface area contributed by atoms with Crippen molar-refractivity contribution >= 4 is 17.5 Å². The van der Waals surface area contributed by atoms with E-state index in [0.717, 1.165) is 0 Å². The molecule has 5 heteroatoms. The molecular weight excluding hydrogens is 228 g/mol. The van der Waals surface area contributed by atoms with Crippen LogP contribution in [-0.4, -0.2) is 19.1 Å². The zero-order valence-corrected chi connectivity index (χ0v) is 9.54. The summed E-state index contributed by atoms with van der Waals surface area (Å²) in [6.45, 7) is 2.30. The summed E-state index contributed by atoms with van der Waals surface area (Å²) in [5.74, 6) is 0.190. The van der Waals surface area contributed by atoms with Crippen LogP contribution < -0.4 is 10.1 Å². The van der Waals surface area contributed by atoms with Crippen molar-refractivity contribution in [1.82, 2.24) is 5.32 Å². The van der Waals surface area contributed by atoms with E-state index in [-0.39, 0.29) is 12.5 Å². The van der Waals surface area contributed by atoms with Gasteiger partial charge in [0.25, 0.3) is 5.91 Å². The van der Waals surface area contributed by atoms with E-state index in [1.807, 2.05) is 13.0 Å². The summed E-state index contributed by atoms with van der Waals surface area (Å²) >= 11 is 5.86. The highest BCUT2D eigenvalue weighted by Crippen LogP contribution is 2.24. The lowest BCUT2D eigenvalue weighted by Crippen LogP contribution is -2.28. The molecule has 0 aliphatic carbocycles. The number of hydrogen-bond donors (Lipinski definition) is 1. The van der Waals surface area contributed by atoms with Gasteiger partial charge in [0, 0.05) is 6.54 Å². The van der Waals surface area contributed by atoms with Crippen molar-refractivity contribution in [3.05, 3.63) is 28.8 Å².